The van der Waals surface area contributed by atoms with Crippen LogP contribution in [0.5, 0.6) is 0 Å². The molecule has 1 aromatic carbocycles. The third-order valence-corrected chi connectivity index (χ3v) is 3.92. The van der Waals surface area contributed by atoms with Gasteiger partial charge in [-0.3, -0.25) is 4.79 Å². The fourth-order valence-corrected chi connectivity index (χ4v) is 2.76. The van der Waals surface area contributed by atoms with Crippen molar-refractivity contribution in [1.29, 1.82) is 0 Å². The third kappa shape index (κ3) is 3.87. The van der Waals surface area contributed by atoms with Gasteiger partial charge < -0.3 is 10.2 Å². The molecule has 1 rings (SSSR count). The van der Waals surface area contributed by atoms with E-state index in [2.05, 4.69) is 0 Å². The summed E-state index contributed by atoms with van der Waals surface area (Å²) in [5, 5.41) is 18.0. The molecule has 0 unspecified atom stereocenters. The number of rotatable bonds is 5. The summed E-state index contributed by atoms with van der Waals surface area (Å²) in [6.45, 7) is 1.10. The highest BCUT2D eigenvalue weighted by molar-refractivity contribution is 7.89. The maximum atomic E-state index is 13.5. The summed E-state index contributed by atoms with van der Waals surface area (Å²) in [4.78, 5) is 10.0. The summed E-state index contributed by atoms with van der Waals surface area (Å²) in [6, 6.07) is 1.06. The minimum absolute atomic E-state index is 0.00163. The van der Waals surface area contributed by atoms with Crippen LogP contribution in [0, 0.1) is 5.82 Å². The number of aliphatic carboxylic acids is 1. The first-order chi connectivity index (χ1) is 8.65. The fourth-order valence-electron chi connectivity index (χ4n) is 1.28. The standard InChI is InChI=1S/C10H11ClFNO5S/c1-5(14)9(10(15)16)13-19(17,18)8-3-2-6(11)4-7(8)12/h2-5,9,13-14H,1H3,(H,15,16)/t5-,9+/m0/s1. The van der Waals surface area contributed by atoms with Crippen molar-refractivity contribution in [2.24, 2.45) is 0 Å². The lowest BCUT2D eigenvalue weighted by Crippen LogP contribution is -2.47. The summed E-state index contributed by atoms with van der Waals surface area (Å²) in [5.74, 6) is -2.69. The van der Waals surface area contributed by atoms with Gasteiger partial charge in [0.15, 0.2) is 0 Å². The lowest BCUT2D eigenvalue weighted by molar-refractivity contribution is -0.141. The van der Waals surface area contributed by atoms with Crippen molar-refractivity contribution < 1.29 is 27.8 Å². The number of benzene rings is 1. The molecule has 0 aliphatic carbocycles. The Morgan fingerprint density at radius 2 is 2.05 bits per heavy atom. The van der Waals surface area contributed by atoms with E-state index in [9.17, 15) is 22.7 Å². The van der Waals surface area contributed by atoms with Gasteiger partial charge in [-0.1, -0.05) is 11.6 Å². The smallest absolute Gasteiger partial charge is 0.324 e. The van der Waals surface area contributed by atoms with Crippen molar-refractivity contribution in [3.8, 4) is 0 Å². The largest absolute Gasteiger partial charge is 0.480 e. The molecule has 106 valence electrons. The Balaban J connectivity index is 3.14. The van der Waals surface area contributed by atoms with Gasteiger partial charge in [0.1, 0.15) is 16.8 Å². The predicted octanol–water partition coefficient (Wildman–Crippen LogP) is 0.591. The number of carboxylic acids is 1. The van der Waals surface area contributed by atoms with Gasteiger partial charge in [-0.2, -0.15) is 4.72 Å². The molecule has 1 aromatic rings. The zero-order valence-electron chi connectivity index (χ0n) is 9.67. The highest BCUT2D eigenvalue weighted by Crippen LogP contribution is 2.19. The van der Waals surface area contributed by atoms with Crippen molar-refractivity contribution in [1.82, 2.24) is 4.72 Å². The van der Waals surface area contributed by atoms with E-state index in [4.69, 9.17) is 16.7 Å². The highest BCUT2D eigenvalue weighted by atomic mass is 35.5. The molecule has 3 N–H and O–H groups in total. The van der Waals surface area contributed by atoms with E-state index in [1.54, 1.807) is 4.72 Å². The van der Waals surface area contributed by atoms with Gasteiger partial charge in [0.2, 0.25) is 10.0 Å². The van der Waals surface area contributed by atoms with Crippen LogP contribution < -0.4 is 4.72 Å². The number of aliphatic hydroxyl groups excluding tert-OH is 1. The molecule has 0 saturated carbocycles. The van der Waals surface area contributed by atoms with Gasteiger partial charge in [-0.25, -0.2) is 12.8 Å². The Hall–Kier alpha value is -1.22. The molecule has 0 radical (unpaired) electrons. The Morgan fingerprint density at radius 3 is 2.47 bits per heavy atom. The van der Waals surface area contributed by atoms with E-state index >= 15 is 0 Å². The van der Waals surface area contributed by atoms with Crippen molar-refractivity contribution in [3.63, 3.8) is 0 Å². The molecule has 0 aliphatic rings. The molecule has 0 saturated heterocycles. The molecular formula is C10H11ClFNO5S. The maximum Gasteiger partial charge on any atom is 0.324 e. The number of carboxylic acid groups (broad SMARTS) is 1. The molecule has 0 aliphatic heterocycles. The lowest BCUT2D eigenvalue weighted by Gasteiger charge is -2.17. The number of hydrogen-bond acceptors (Lipinski definition) is 4. The van der Waals surface area contributed by atoms with Crippen molar-refractivity contribution in [2.45, 2.75) is 24.0 Å². The molecule has 6 nitrogen and oxygen atoms in total. The lowest BCUT2D eigenvalue weighted by atomic mass is 10.2. The average Bonchev–Trinajstić information content (AvgIpc) is 2.24. The van der Waals surface area contributed by atoms with Crippen LogP contribution in [-0.4, -0.2) is 36.7 Å². The third-order valence-electron chi connectivity index (χ3n) is 2.21. The number of aliphatic hydroxyl groups is 1. The van der Waals surface area contributed by atoms with Crippen LogP contribution in [0.3, 0.4) is 0 Å². The van der Waals surface area contributed by atoms with Crippen LogP contribution in [0.15, 0.2) is 23.1 Å². The Labute approximate surface area is 113 Å². The van der Waals surface area contributed by atoms with E-state index in [1.165, 1.54) is 0 Å². The number of nitrogens with one attached hydrogen (secondary N) is 1. The van der Waals surface area contributed by atoms with E-state index < -0.39 is 38.9 Å². The number of hydrogen-bond donors (Lipinski definition) is 3. The molecule has 9 heteroatoms. The van der Waals surface area contributed by atoms with Crippen molar-refractivity contribution in [3.05, 3.63) is 29.0 Å². The molecule has 0 aromatic heterocycles. The zero-order valence-corrected chi connectivity index (χ0v) is 11.2. The minimum atomic E-state index is -4.42. The molecule has 2 atom stereocenters. The first kappa shape index (κ1) is 15.8. The van der Waals surface area contributed by atoms with Gasteiger partial charge in [-0.15, -0.1) is 0 Å². The van der Waals surface area contributed by atoms with E-state index in [1.807, 2.05) is 0 Å². The second-order valence-electron chi connectivity index (χ2n) is 3.75. The average molecular weight is 312 g/mol. The quantitative estimate of drug-likeness (QED) is 0.738. The van der Waals surface area contributed by atoms with E-state index in [0.29, 0.717) is 0 Å². The SMILES string of the molecule is C[C@H](O)[C@@H](NS(=O)(=O)c1ccc(Cl)cc1F)C(=O)O. The Kier molecular flexibility index (Phi) is 4.86. The van der Waals surface area contributed by atoms with Gasteiger partial charge in [0.05, 0.1) is 6.10 Å². The van der Waals surface area contributed by atoms with Crippen LogP contribution >= 0.6 is 11.6 Å². The highest BCUT2D eigenvalue weighted by Gasteiger charge is 2.30. The zero-order chi connectivity index (χ0) is 14.8. The van der Waals surface area contributed by atoms with Crippen LogP contribution in [0.25, 0.3) is 0 Å². The van der Waals surface area contributed by atoms with Gasteiger partial charge in [-0.05, 0) is 25.1 Å². The molecule has 0 amide bonds. The number of carbonyl (C=O) groups is 1. The van der Waals surface area contributed by atoms with Crippen LogP contribution in [0.4, 0.5) is 4.39 Å². The summed E-state index contributed by atoms with van der Waals surface area (Å²) >= 11 is 5.48. The second kappa shape index (κ2) is 5.83. The Bertz CT molecular complexity index is 590. The topological polar surface area (TPSA) is 104 Å². The second-order valence-corrected chi connectivity index (χ2v) is 5.87. The van der Waals surface area contributed by atoms with Crippen LogP contribution in [0.2, 0.25) is 5.02 Å². The number of halogens is 2. The normalized spacial score (nSPS) is 14.9. The monoisotopic (exact) mass is 311 g/mol. The van der Waals surface area contributed by atoms with Crippen molar-refractivity contribution >= 4 is 27.6 Å². The van der Waals surface area contributed by atoms with Crippen molar-refractivity contribution in [2.75, 3.05) is 0 Å². The Morgan fingerprint density at radius 1 is 1.47 bits per heavy atom. The fraction of sp³-hybridized carbons (Fsp3) is 0.300. The molecule has 0 heterocycles. The van der Waals surface area contributed by atoms with Gasteiger partial charge in [0.25, 0.3) is 0 Å². The van der Waals surface area contributed by atoms with Crippen LogP contribution in [-0.2, 0) is 14.8 Å². The molecule has 0 spiro atoms. The summed E-state index contributed by atoms with van der Waals surface area (Å²) in [7, 11) is -4.42. The summed E-state index contributed by atoms with van der Waals surface area (Å²) in [5.41, 5.74) is 0. The van der Waals surface area contributed by atoms with Gasteiger partial charge >= 0.3 is 5.97 Å². The number of sulfonamides is 1. The molecular weight excluding hydrogens is 301 g/mol. The minimum Gasteiger partial charge on any atom is -0.480 e. The van der Waals surface area contributed by atoms with E-state index in [0.717, 1.165) is 25.1 Å². The van der Waals surface area contributed by atoms with Gasteiger partial charge in [0, 0.05) is 5.02 Å². The van der Waals surface area contributed by atoms with Crippen LogP contribution in [0.1, 0.15) is 6.92 Å². The first-order valence-corrected chi connectivity index (χ1v) is 6.89. The summed E-state index contributed by atoms with van der Waals surface area (Å²) < 4.78 is 38.8. The molecule has 0 fully saturated rings. The van der Waals surface area contributed by atoms with E-state index in [-0.39, 0.29) is 5.02 Å². The summed E-state index contributed by atoms with van der Waals surface area (Å²) in [6.07, 6.45) is -1.48. The maximum absolute atomic E-state index is 13.5. The first-order valence-electron chi connectivity index (χ1n) is 5.03. The molecule has 19 heavy (non-hydrogen) atoms. The molecule has 0 bridgehead atoms. The predicted molar refractivity (Wildman–Crippen MR) is 64.8 cm³/mol.